The first-order valence-corrected chi connectivity index (χ1v) is 11.2. The van der Waals surface area contributed by atoms with Crippen LogP contribution in [0.3, 0.4) is 0 Å². The van der Waals surface area contributed by atoms with Crippen molar-refractivity contribution in [2.24, 2.45) is 0 Å². The van der Waals surface area contributed by atoms with Gasteiger partial charge in [-0.2, -0.15) is 0 Å². The average Bonchev–Trinajstić information content (AvgIpc) is 2.83. The van der Waals surface area contributed by atoms with E-state index >= 15 is 0 Å². The fraction of sp³-hybridized carbons (Fsp3) is 0.684. The Morgan fingerprint density at radius 2 is 1.85 bits per heavy atom. The minimum atomic E-state index is -3.30. The van der Waals surface area contributed by atoms with E-state index in [-0.39, 0.29) is 17.0 Å². The van der Waals surface area contributed by atoms with Gasteiger partial charge in [-0.1, -0.05) is 25.0 Å². The zero-order chi connectivity index (χ0) is 18.3. The minimum absolute atomic E-state index is 0. The molecule has 1 aliphatic heterocycles. The highest BCUT2D eigenvalue weighted by atomic mass is 79.9. The summed E-state index contributed by atoms with van der Waals surface area (Å²) in [6.07, 6.45) is 7.54. The summed E-state index contributed by atoms with van der Waals surface area (Å²) in [5.41, 5.74) is 1.41. The lowest BCUT2D eigenvalue weighted by molar-refractivity contribution is 0.155. The predicted molar refractivity (Wildman–Crippen MR) is 114 cm³/mol. The molecule has 0 bridgehead atoms. The van der Waals surface area contributed by atoms with Crippen LogP contribution in [0, 0.1) is 0 Å². The quantitative estimate of drug-likeness (QED) is 0.657. The largest absolute Gasteiger partial charge is 0.388 e. The first kappa shape index (κ1) is 23.4. The molecule has 1 heterocycles. The lowest BCUT2D eigenvalue weighted by Crippen LogP contribution is -2.29. The van der Waals surface area contributed by atoms with Crippen LogP contribution in [-0.2, 0) is 10.0 Å². The maximum atomic E-state index is 11.9. The van der Waals surface area contributed by atoms with Gasteiger partial charge >= 0.3 is 0 Å². The molecule has 1 unspecified atom stereocenters. The normalized spacial score (nSPS) is 17.2. The SMILES string of the molecule is Br.CCN(c1cccc(C(O)CCCN2CCCCCC2)c1)S(C)(=O)=O. The number of hydrogen-bond donors (Lipinski definition) is 1. The maximum Gasteiger partial charge on any atom is 0.232 e. The Morgan fingerprint density at radius 3 is 2.42 bits per heavy atom. The Hall–Kier alpha value is -0.630. The van der Waals surface area contributed by atoms with Gasteiger partial charge < -0.3 is 10.0 Å². The zero-order valence-corrected chi connectivity index (χ0v) is 18.5. The molecule has 26 heavy (non-hydrogen) atoms. The van der Waals surface area contributed by atoms with Gasteiger partial charge in [0.05, 0.1) is 18.0 Å². The molecule has 1 aromatic rings. The van der Waals surface area contributed by atoms with Gasteiger partial charge in [-0.15, -0.1) is 17.0 Å². The van der Waals surface area contributed by atoms with E-state index in [1.165, 1.54) is 49.3 Å². The summed E-state index contributed by atoms with van der Waals surface area (Å²) in [6, 6.07) is 7.26. The smallest absolute Gasteiger partial charge is 0.232 e. The van der Waals surface area contributed by atoms with E-state index < -0.39 is 16.1 Å². The molecule has 0 aliphatic carbocycles. The van der Waals surface area contributed by atoms with Crippen molar-refractivity contribution in [3.63, 3.8) is 0 Å². The Balaban J connectivity index is 0.00000338. The third kappa shape index (κ3) is 7.18. The molecule has 2 rings (SSSR count). The molecule has 0 amide bonds. The fourth-order valence-electron chi connectivity index (χ4n) is 3.53. The Bertz CT molecular complexity index is 631. The second-order valence-corrected chi connectivity index (χ2v) is 8.84. The number of benzene rings is 1. The molecule has 1 fully saturated rings. The topological polar surface area (TPSA) is 60.9 Å². The summed E-state index contributed by atoms with van der Waals surface area (Å²) >= 11 is 0. The van der Waals surface area contributed by atoms with E-state index in [0.717, 1.165) is 18.5 Å². The van der Waals surface area contributed by atoms with Crippen LogP contribution in [-0.4, -0.2) is 50.9 Å². The molecule has 0 spiro atoms. The number of halogens is 1. The molecule has 0 saturated carbocycles. The summed E-state index contributed by atoms with van der Waals surface area (Å²) in [5.74, 6) is 0. The maximum absolute atomic E-state index is 11.9. The van der Waals surface area contributed by atoms with Crippen LogP contribution in [0.2, 0.25) is 0 Å². The Labute approximate surface area is 169 Å². The standard InChI is InChI=1S/C19H32N2O3S.BrH/c1-3-21(25(2,23)24)18-11-8-10-17(16-18)19(22)12-9-15-20-13-6-4-5-7-14-20;/h8,10-11,16,19,22H,3-7,9,12-15H2,1-2H3;1H. The van der Waals surface area contributed by atoms with Gasteiger partial charge in [-0.05, 0) is 69.9 Å². The Morgan fingerprint density at radius 1 is 1.19 bits per heavy atom. The molecule has 7 heteroatoms. The van der Waals surface area contributed by atoms with Gasteiger partial charge in [-0.3, -0.25) is 4.31 Å². The zero-order valence-electron chi connectivity index (χ0n) is 15.9. The highest BCUT2D eigenvalue weighted by Gasteiger charge is 2.17. The summed E-state index contributed by atoms with van der Waals surface area (Å²) < 4.78 is 25.1. The molecular formula is C19H33BrN2O3S. The van der Waals surface area contributed by atoms with Gasteiger partial charge in [0.1, 0.15) is 0 Å². The first-order chi connectivity index (χ1) is 11.9. The van der Waals surface area contributed by atoms with E-state index in [4.69, 9.17) is 0 Å². The highest BCUT2D eigenvalue weighted by Crippen LogP contribution is 2.25. The van der Waals surface area contributed by atoms with Crippen molar-refractivity contribution in [3.05, 3.63) is 29.8 Å². The number of hydrogen-bond acceptors (Lipinski definition) is 4. The van der Waals surface area contributed by atoms with Crippen LogP contribution in [0.5, 0.6) is 0 Å². The van der Waals surface area contributed by atoms with Gasteiger partial charge in [-0.25, -0.2) is 8.42 Å². The average molecular weight is 449 g/mol. The summed E-state index contributed by atoms with van der Waals surface area (Å²) in [6.45, 7) is 5.57. The minimum Gasteiger partial charge on any atom is -0.388 e. The molecule has 0 aromatic heterocycles. The number of rotatable bonds is 8. The number of aliphatic hydroxyl groups excluding tert-OH is 1. The second kappa shape index (κ2) is 11.3. The van der Waals surface area contributed by atoms with E-state index in [9.17, 15) is 13.5 Å². The van der Waals surface area contributed by atoms with E-state index in [1.54, 1.807) is 12.1 Å². The van der Waals surface area contributed by atoms with Crippen molar-refractivity contribution in [2.75, 3.05) is 36.7 Å². The molecule has 150 valence electrons. The van der Waals surface area contributed by atoms with Crippen LogP contribution in [0.1, 0.15) is 57.1 Å². The van der Waals surface area contributed by atoms with Crippen LogP contribution in [0.15, 0.2) is 24.3 Å². The molecule has 1 atom stereocenters. The molecule has 1 saturated heterocycles. The van der Waals surface area contributed by atoms with Crippen molar-refractivity contribution >= 4 is 32.7 Å². The number of aliphatic hydroxyl groups is 1. The second-order valence-electron chi connectivity index (χ2n) is 6.94. The monoisotopic (exact) mass is 448 g/mol. The van der Waals surface area contributed by atoms with Crippen molar-refractivity contribution < 1.29 is 13.5 Å². The first-order valence-electron chi connectivity index (χ1n) is 9.40. The number of anilines is 1. The highest BCUT2D eigenvalue weighted by molar-refractivity contribution is 8.93. The van der Waals surface area contributed by atoms with Crippen LogP contribution < -0.4 is 4.31 Å². The number of sulfonamides is 1. The third-order valence-corrected chi connectivity index (χ3v) is 6.15. The molecule has 5 nitrogen and oxygen atoms in total. The van der Waals surface area contributed by atoms with E-state index in [2.05, 4.69) is 4.90 Å². The lowest BCUT2D eigenvalue weighted by Gasteiger charge is -2.23. The molecule has 0 radical (unpaired) electrons. The third-order valence-electron chi connectivity index (χ3n) is 4.88. The van der Waals surface area contributed by atoms with Gasteiger partial charge in [0.15, 0.2) is 0 Å². The molecule has 1 aliphatic rings. The summed E-state index contributed by atoms with van der Waals surface area (Å²) in [4.78, 5) is 2.50. The van der Waals surface area contributed by atoms with Crippen molar-refractivity contribution in [2.45, 2.75) is 51.6 Å². The molecule has 1 aromatic carbocycles. The fourth-order valence-corrected chi connectivity index (χ4v) is 4.50. The lowest BCUT2D eigenvalue weighted by atomic mass is 10.0. The van der Waals surface area contributed by atoms with E-state index in [0.29, 0.717) is 18.7 Å². The van der Waals surface area contributed by atoms with Gasteiger partial charge in [0.25, 0.3) is 0 Å². The van der Waals surface area contributed by atoms with Crippen molar-refractivity contribution in [1.82, 2.24) is 4.90 Å². The molecule has 1 N–H and O–H groups in total. The van der Waals surface area contributed by atoms with Gasteiger partial charge in [0, 0.05) is 6.54 Å². The Kier molecular flexibility index (Phi) is 10.1. The van der Waals surface area contributed by atoms with Gasteiger partial charge in [0.2, 0.25) is 10.0 Å². The van der Waals surface area contributed by atoms with E-state index in [1.807, 2.05) is 19.1 Å². The van der Waals surface area contributed by atoms with Crippen LogP contribution in [0.4, 0.5) is 5.69 Å². The van der Waals surface area contributed by atoms with Crippen LogP contribution in [0.25, 0.3) is 0 Å². The summed E-state index contributed by atoms with van der Waals surface area (Å²) in [5, 5.41) is 10.5. The van der Waals surface area contributed by atoms with Crippen molar-refractivity contribution in [1.29, 1.82) is 0 Å². The number of likely N-dealkylation sites (tertiary alicyclic amines) is 1. The summed E-state index contributed by atoms with van der Waals surface area (Å²) in [7, 11) is -3.30. The van der Waals surface area contributed by atoms with Crippen molar-refractivity contribution in [3.8, 4) is 0 Å². The van der Waals surface area contributed by atoms with Crippen LogP contribution >= 0.6 is 17.0 Å². The molecular weight excluding hydrogens is 416 g/mol. The number of nitrogens with zero attached hydrogens (tertiary/aromatic N) is 2. The predicted octanol–water partition coefficient (Wildman–Crippen LogP) is 3.74.